The van der Waals surface area contributed by atoms with Crippen LogP contribution in [0.3, 0.4) is 0 Å². The number of carbonyl (C=O) groups is 2. The summed E-state index contributed by atoms with van der Waals surface area (Å²) in [7, 11) is 0. The molecule has 0 saturated carbocycles. The number of nitrogens with one attached hydrogen (secondary N) is 2. The molecule has 7 nitrogen and oxygen atoms in total. The number of alkyl carbamates (subject to hydrolysis) is 1. The second-order valence-electron chi connectivity index (χ2n) is 8.17. The van der Waals surface area contributed by atoms with E-state index in [1.807, 2.05) is 26.8 Å². The van der Waals surface area contributed by atoms with Crippen LogP contribution in [0.5, 0.6) is 0 Å². The molecule has 164 valence electrons. The molecule has 0 spiro atoms. The fourth-order valence-corrected chi connectivity index (χ4v) is 2.79. The van der Waals surface area contributed by atoms with Crippen molar-refractivity contribution in [2.24, 2.45) is 5.92 Å². The smallest absolute Gasteiger partial charge is 0.408 e. The van der Waals surface area contributed by atoms with Gasteiger partial charge >= 0.3 is 6.09 Å². The second-order valence-corrected chi connectivity index (χ2v) is 8.17. The lowest BCUT2D eigenvalue weighted by atomic mass is 10.00. The third kappa shape index (κ3) is 7.06. The maximum Gasteiger partial charge on any atom is 0.408 e. The van der Waals surface area contributed by atoms with Crippen molar-refractivity contribution in [1.29, 1.82) is 0 Å². The van der Waals surface area contributed by atoms with E-state index in [2.05, 4.69) is 33.8 Å². The van der Waals surface area contributed by atoms with E-state index in [0.29, 0.717) is 12.1 Å². The lowest BCUT2D eigenvalue weighted by Gasteiger charge is -2.23. The minimum atomic E-state index is -0.602. The molecule has 0 saturated heterocycles. The molecule has 2 aromatic heterocycles. The van der Waals surface area contributed by atoms with E-state index < -0.39 is 11.7 Å². The number of pyridine rings is 2. The van der Waals surface area contributed by atoms with Crippen molar-refractivity contribution < 1.29 is 14.3 Å². The molecule has 2 N–H and O–H groups in total. The van der Waals surface area contributed by atoms with Crippen molar-refractivity contribution in [3.8, 4) is 11.1 Å². The van der Waals surface area contributed by atoms with Crippen molar-refractivity contribution >= 4 is 17.7 Å². The minimum Gasteiger partial charge on any atom is -0.444 e. The lowest BCUT2D eigenvalue weighted by molar-refractivity contribution is -0.118. The van der Waals surface area contributed by atoms with Gasteiger partial charge in [0.25, 0.3) is 0 Å². The molecule has 2 amide bonds. The van der Waals surface area contributed by atoms with Gasteiger partial charge in [0.2, 0.25) is 5.91 Å². The number of nitrogens with zero attached hydrogens (tertiary/aromatic N) is 2. The molecule has 7 heteroatoms. The van der Waals surface area contributed by atoms with E-state index in [1.165, 1.54) is 0 Å². The summed E-state index contributed by atoms with van der Waals surface area (Å²) in [4.78, 5) is 33.1. The Morgan fingerprint density at radius 2 is 1.94 bits per heavy atom. The van der Waals surface area contributed by atoms with Gasteiger partial charge in [0, 0.05) is 29.7 Å². The fraction of sp³-hybridized carbons (Fsp3) is 0.333. The maximum absolute atomic E-state index is 12.3. The number of anilines is 1. The molecule has 2 aromatic rings. The number of carbonyl (C=O) groups excluding carboxylic acids is 2. The van der Waals surface area contributed by atoms with Crippen LogP contribution in [0, 0.1) is 5.92 Å². The summed E-state index contributed by atoms with van der Waals surface area (Å²) in [5.41, 5.74) is 2.30. The van der Waals surface area contributed by atoms with E-state index in [9.17, 15) is 9.59 Å². The van der Waals surface area contributed by atoms with E-state index in [1.54, 1.807) is 49.9 Å². The van der Waals surface area contributed by atoms with Gasteiger partial charge in [0.05, 0.1) is 23.8 Å². The normalized spacial score (nSPS) is 12.9. The zero-order valence-electron chi connectivity index (χ0n) is 18.5. The van der Waals surface area contributed by atoms with Crippen molar-refractivity contribution in [3.63, 3.8) is 0 Å². The van der Waals surface area contributed by atoms with Gasteiger partial charge in [-0.15, -0.1) is 13.2 Å². The Balaban J connectivity index is 2.33. The van der Waals surface area contributed by atoms with Crippen molar-refractivity contribution in [1.82, 2.24) is 15.3 Å². The third-order valence-corrected chi connectivity index (χ3v) is 4.41. The summed E-state index contributed by atoms with van der Waals surface area (Å²) in [5.74, 6) is -0.517. The predicted molar refractivity (Wildman–Crippen MR) is 122 cm³/mol. The van der Waals surface area contributed by atoms with Crippen LogP contribution in [0.4, 0.5) is 10.5 Å². The zero-order valence-corrected chi connectivity index (χ0v) is 18.5. The molecular formula is C24H30N4O3. The average molecular weight is 423 g/mol. The summed E-state index contributed by atoms with van der Waals surface area (Å²) in [6.07, 6.45) is 9.92. The SMILES string of the molecule is C=CC[C@H](NC(=O)OC(C)(C)C)c1cncc(-c2ccncc2NC(=O)[C@H](C)C=C)c1. The van der Waals surface area contributed by atoms with Crippen LogP contribution in [-0.2, 0) is 9.53 Å². The van der Waals surface area contributed by atoms with Gasteiger partial charge < -0.3 is 15.4 Å². The highest BCUT2D eigenvalue weighted by molar-refractivity contribution is 5.97. The van der Waals surface area contributed by atoms with E-state index in [4.69, 9.17) is 4.74 Å². The first-order valence-electron chi connectivity index (χ1n) is 10.1. The molecule has 0 aliphatic carbocycles. The molecule has 0 radical (unpaired) electrons. The Morgan fingerprint density at radius 1 is 1.19 bits per heavy atom. The molecule has 2 atom stereocenters. The van der Waals surface area contributed by atoms with Crippen molar-refractivity contribution in [2.75, 3.05) is 5.32 Å². The standard InChI is InChI=1S/C24H30N4O3/c1-7-9-20(28-23(30)31-24(4,5)6)18-12-17(13-26-14-18)19-10-11-25-15-21(19)27-22(29)16(3)8-2/h7-8,10-16,20H,1-2,9H2,3-6H3,(H,27,29)(H,28,30)/t16-,20+/m1/s1. The molecule has 0 unspecified atom stereocenters. The highest BCUT2D eigenvalue weighted by Crippen LogP contribution is 2.29. The molecular weight excluding hydrogens is 392 g/mol. The maximum atomic E-state index is 12.3. The Hall–Kier alpha value is -3.48. The second kappa shape index (κ2) is 10.5. The van der Waals surface area contributed by atoms with E-state index >= 15 is 0 Å². The molecule has 0 bridgehead atoms. The zero-order chi connectivity index (χ0) is 23.0. The topological polar surface area (TPSA) is 93.2 Å². The van der Waals surface area contributed by atoms with Gasteiger partial charge in [-0.25, -0.2) is 4.79 Å². The number of amides is 2. The summed E-state index contributed by atoms with van der Waals surface area (Å²) >= 11 is 0. The van der Waals surface area contributed by atoms with Gasteiger partial charge in [-0.3, -0.25) is 14.8 Å². The third-order valence-electron chi connectivity index (χ3n) is 4.41. The highest BCUT2D eigenvalue weighted by atomic mass is 16.6. The number of aromatic nitrogens is 2. The Bertz CT molecular complexity index is 950. The summed E-state index contributed by atoms with van der Waals surface area (Å²) in [5, 5.41) is 5.76. The lowest BCUT2D eigenvalue weighted by Crippen LogP contribution is -2.34. The Kier molecular flexibility index (Phi) is 8.07. The minimum absolute atomic E-state index is 0.176. The number of hydrogen-bond acceptors (Lipinski definition) is 5. The number of hydrogen-bond donors (Lipinski definition) is 2. The highest BCUT2D eigenvalue weighted by Gasteiger charge is 2.21. The first kappa shape index (κ1) is 23.8. The molecule has 2 heterocycles. The summed E-state index contributed by atoms with van der Waals surface area (Å²) in [6.45, 7) is 14.6. The fourth-order valence-electron chi connectivity index (χ4n) is 2.79. The largest absolute Gasteiger partial charge is 0.444 e. The first-order valence-corrected chi connectivity index (χ1v) is 10.1. The van der Waals surface area contributed by atoms with Gasteiger partial charge in [-0.1, -0.05) is 19.1 Å². The molecule has 2 rings (SSSR count). The van der Waals surface area contributed by atoms with Crippen LogP contribution in [0.25, 0.3) is 11.1 Å². The first-order chi connectivity index (χ1) is 14.6. The van der Waals surface area contributed by atoms with Crippen molar-refractivity contribution in [3.05, 3.63) is 67.8 Å². The van der Waals surface area contributed by atoms with Crippen LogP contribution >= 0.6 is 0 Å². The molecule has 0 aliphatic rings. The van der Waals surface area contributed by atoms with Gasteiger partial charge in [0.15, 0.2) is 0 Å². The Morgan fingerprint density at radius 3 is 2.58 bits per heavy atom. The van der Waals surface area contributed by atoms with Crippen LogP contribution < -0.4 is 10.6 Å². The number of rotatable bonds is 8. The summed E-state index contributed by atoms with van der Waals surface area (Å²) < 4.78 is 5.38. The van der Waals surface area contributed by atoms with Crippen LogP contribution in [0.15, 0.2) is 62.2 Å². The molecule has 0 aliphatic heterocycles. The molecule has 0 fully saturated rings. The van der Waals surface area contributed by atoms with E-state index in [0.717, 1.165) is 16.7 Å². The van der Waals surface area contributed by atoms with Gasteiger partial charge in [0.1, 0.15) is 5.60 Å². The number of ether oxygens (including phenoxy) is 1. The van der Waals surface area contributed by atoms with Crippen LogP contribution in [-0.4, -0.2) is 27.6 Å². The van der Waals surface area contributed by atoms with Crippen LogP contribution in [0.2, 0.25) is 0 Å². The Labute approximate surface area is 183 Å². The average Bonchev–Trinajstić information content (AvgIpc) is 2.72. The monoisotopic (exact) mass is 422 g/mol. The van der Waals surface area contributed by atoms with Crippen molar-refractivity contribution in [2.45, 2.75) is 45.8 Å². The summed E-state index contributed by atoms with van der Waals surface area (Å²) in [6, 6.07) is 3.36. The van der Waals surface area contributed by atoms with E-state index in [-0.39, 0.29) is 17.9 Å². The predicted octanol–water partition coefficient (Wildman–Crippen LogP) is 5.05. The van der Waals surface area contributed by atoms with Crippen LogP contribution in [0.1, 0.15) is 45.7 Å². The molecule has 0 aromatic carbocycles. The molecule has 31 heavy (non-hydrogen) atoms. The van der Waals surface area contributed by atoms with Gasteiger partial charge in [-0.2, -0.15) is 0 Å². The van der Waals surface area contributed by atoms with Gasteiger partial charge in [-0.05, 0) is 44.9 Å². The quantitative estimate of drug-likeness (QED) is 0.581.